The first-order valence-electron chi connectivity index (χ1n) is 6.46. The zero-order valence-electron chi connectivity index (χ0n) is 10.9. The quantitative estimate of drug-likeness (QED) is 0.477. The van der Waals surface area contributed by atoms with Crippen molar-refractivity contribution in [3.8, 4) is 0 Å². The number of benzene rings is 1. The van der Waals surface area contributed by atoms with E-state index in [2.05, 4.69) is 38.1 Å². The van der Waals surface area contributed by atoms with Gasteiger partial charge in [-0.15, -0.1) is 11.6 Å². The molecule has 1 rings (SSSR count). The number of alkyl halides is 1. The monoisotopic (exact) mass is 270 g/mol. The molecule has 1 aromatic rings. The third-order valence-electron chi connectivity index (χ3n) is 3.09. The van der Waals surface area contributed by atoms with Crippen molar-refractivity contribution in [1.29, 1.82) is 0 Å². The Bertz CT molecular complexity index is 312. The molecule has 0 fully saturated rings. The Morgan fingerprint density at radius 1 is 1.29 bits per heavy atom. The molecule has 0 aliphatic carbocycles. The van der Waals surface area contributed by atoms with E-state index in [4.69, 9.17) is 11.6 Å². The van der Waals surface area contributed by atoms with Crippen LogP contribution in [0.3, 0.4) is 0 Å². The second kappa shape index (κ2) is 8.88. The van der Waals surface area contributed by atoms with Crippen LogP contribution in [0.2, 0.25) is 0 Å². The van der Waals surface area contributed by atoms with Gasteiger partial charge >= 0.3 is 0 Å². The lowest BCUT2D eigenvalue weighted by Gasteiger charge is -2.15. The van der Waals surface area contributed by atoms with Crippen LogP contribution in [-0.4, -0.2) is 17.4 Å². The summed E-state index contributed by atoms with van der Waals surface area (Å²) in [4.78, 5) is 0. The molecule has 0 bridgehead atoms. The maximum atomic E-state index is 6.08. The summed E-state index contributed by atoms with van der Waals surface area (Å²) >= 11 is 8.10. The smallest absolute Gasteiger partial charge is 0.0254 e. The summed E-state index contributed by atoms with van der Waals surface area (Å²) in [6.45, 7) is 4.41. The topological polar surface area (TPSA) is 0 Å². The van der Waals surface area contributed by atoms with Crippen LogP contribution < -0.4 is 0 Å². The fourth-order valence-corrected chi connectivity index (χ4v) is 2.93. The van der Waals surface area contributed by atoms with Crippen molar-refractivity contribution >= 4 is 23.4 Å². The Morgan fingerprint density at radius 2 is 2.06 bits per heavy atom. The van der Waals surface area contributed by atoms with E-state index < -0.39 is 0 Å². The van der Waals surface area contributed by atoms with Gasteiger partial charge in [0.25, 0.3) is 0 Å². The molecule has 1 unspecified atom stereocenters. The summed E-state index contributed by atoms with van der Waals surface area (Å²) in [6.07, 6.45) is 3.68. The number of hydrogen-bond acceptors (Lipinski definition) is 1. The van der Waals surface area contributed by atoms with E-state index in [9.17, 15) is 0 Å². The van der Waals surface area contributed by atoms with Crippen LogP contribution in [0.1, 0.15) is 30.9 Å². The minimum Gasteiger partial charge on any atom is -0.162 e. The van der Waals surface area contributed by atoms with E-state index >= 15 is 0 Å². The minimum absolute atomic E-state index is 0.634. The highest BCUT2D eigenvalue weighted by atomic mass is 35.5. The Kier molecular flexibility index (Phi) is 7.79. The van der Waals surface area contributed by atoms with Crippen LogP contribution in [0.25, 0.3) is 0 Å². The zero-order chi connectivity index (χ0) is 12.5. The average Bonchev–Trinajstić information content (AvgIpc) is 2.35. The standard InChI is InChI=1S/C15H23ClS/c1-3-17-10-6-8-14(12-16)11-15-9-5-4-7-13(15)2/h4-5,7,9,14H,3,6,8,10-12H2,1-2H3. The molecule has 0 aromatic heterocycles. The van der Waals surface area contributed by atoms with Crippen molar-refractivity contribution in [2.45, 2.75) is 33.1 Å². The molecule has 96 valence electrons. The molecule has 0 radical (unpaired) electrons. The Balaban J connectivity index is 2.38. The van der Waals surface area contributed by atoms with Crippen molar-refractivity contribution in [3.63, 3.8) is 0 Å². The van der Waals surface area contributed by atoms with Crippen molar-refractivity contribution in [2.24, 2.45) is 5.92 Å². The highest BCUT2D eigenvalue weighted by Gasteiger charge is 2.09. The molecule has 0 N–H and O–H groups in total. The Hall–Kier alpha value is -0.140. The van der Waals surface area contributed by atoms with E-state index in [1.54, 1.807) is 0 Å². The predicted molar refractivity (Wildman–Crippen MR) is 81.3 cm³/mol. The highest BCUT2D eigenvalue weighted by Crippen LogP contribution is 2.19. The molecule has 0 aliphatic rings. The third kappa shape index (κ3) is 5.83. The molecule has 0 nitrogen and oxygen atoms in total. The van der Waals surface area contributed by atoms with Crippen LogP contribution in [0.15, 0.2) is 24.3 Å². The SMILES string of the molecule is CCSCCCC(CCl)Cc1ccccc1C. The van der Waals surface area contributed by atoms with Gasteiger partial charge in [0.05, 0.1) is 0 Å². The molecule has 0 saturated heterocycles. The predicted octanol–water partition coefficient (Wildman–Crippen LogP) is 4.93. The number of thioether (sulfide) groups is 1. The summed E-state index contributed by atoms with van der Waals surface area (Å²) in [5.74, 6) is 3.92. The number of halogens is 1. The van der Waals surface area contributed by atoms with Crippen molar-refractivity contribution < 1.29 is 0 Å². The molecule has 0 aliphatic heterocycles. The summed E-state index contributed by atoms with van der Waals surface area (Å²) in [5.41, 5.74) is 2.85. The Labute approximate surface area is 115 Å². The van der Waals surface area contributed by atoms with Crippen LogP contribution in [-0.2, 0) is 6.42 Å². The Morgan fingerprint density at radius 3 is 2.71 bits per heavy atom. The van der Waals surface area contributed by atoms with E-state index in [1.807, 2.05) is 11.8 Å². The van der Waals surface area contributed by atoms with Crippen LogP contribution in [0, 0.1) is 12.8 Å². The molecule has 0 amide bonds. The van der Waals surface area contributed by atoms with Crippen molar-refractivity contribution in [3.05, 3.63) is 35.4 Å². The van der Waals surface area contributed by atoms with Gasteiger partial charge < -0.3 is 0 Å². The van der Waals surface area contributed by atoms with E-state index in [0.717, 1.165) is 12.3 Å². The first-order valence-corrected chi connectivity index (χ1v) is 8.15. The fraction of sp³-hybridized carbons (Fsp3) is 0.600. The maximum Gasteiger partial charge on any atom is 0.0254 e. The molecule has 2 heteroatoms. The summed E-state index contributed by atoms with van der Waals surface area (Å²) < 4.78 is 0. The number of rotatable bonds is 8. The zero-order valence-corrected chi connectivity index (χ0v) is 12.5. The van der Waals surface area contributed by atoms with Crippen molar-refractivity contribution in [1.82, 2.24) is 0 Å². The normalized spacial score (nSPS) is 12.6. The molecule has 0 spiro atoms. The second-order valence-electron chi connectivity index (χ2n) is 4.49. The lowest BCUT2D eigenvalue weighted by Crippen LogP contribution is -2.08. The van der Waals surface area contributed by atoms with Crippen LogP contribution in [0.5, 0.6) is 0 Å². The van der Waals surface area contributed by atoms with E-state index in [-0.39, 0.29) is 0 Å². The maximum absolute atomic E-state index is 6.08. The van der Waals surface area contributed by atoms with Gasteiger partial charge in [-0.3, -0.25) is 0 Å². The molecule has 0 heterocycles. The van der Waals surface area contributed by atoms with Gasteiger partial charge in [0.15, 0.2) is 0 Å². The van der Waals surface area contributed by atoms with Gasteiger partial charge in [-0.05, 0) is 54.7 Å². The number of hydrogen-bond donors (Lipinski definition) is 0. The molecule has 1 atom stereocenters. The highest BCUT2D eigenvalue weighted by molar-refractivity contribution is 7.99. The molecule has 0 saturated carbocycles. The van der Waals surface area contributed by atoms with Gasteiger partial charge in [0.2, 0.25) is 0 Å². The molecule has 17 heavy (non-hydrogen) atoms. The van der Waals surface area contributed by atoms with Gasteiger partial charge in [0, 0.05) is 5.88 Å². The molecular weight excluding hydrogens is 248 g/mol. The van der Waals surface area contributed by atoms with Gasteiger partial charge in [-0.2, -0.15) is 11.8 Å². The first-order chi connectivity index (χ1) is 8.27. The average molecular weight is 271 g/mol. The van der Waals surface area contributed by atoms with Crippen LogP contribution in [0.4, 0.5) is 0 Å². The van der Waals surface area contributed by atoms with Gasteiger partial charge in [0.1, 0.15) is 0 Å². The van der Waals surface area contributed by atoms with Gasteiger partial charge in [-0.25, -0.2) is 0 Å². The largest absolute Gasteiger partial charge is 0.162 e. The summed E-state index contributed by atoms with van der Waals surface area (Å²) in [6, 6.07) is 8.65. The van der Waals surface area contributed by atoms with E-state index in [0.29, 0.717) is 5.92 Å². The van der Waals surface area contributed by atoms with Crippen molar-refractivity contribution in [2.75, 3.05) is 17.4 Å². The fourth-order valence-electron chi connectivity index (χ4n) is 2.00. The molecular formula is C15H23ClS. The minimum atomic E-state index is 0.634. The number of aryl methyl sites for hydroxylation is 1. The second-order valence-corrected chi connectivity index (χ2v) is 6.19. The van der Waals surface area contributed by atoms with Gasteiger partial charge in [-0.1, -0.05) is 31.2 Å². The third-order valence-corrected chi connectivity index (χ3v) is 4.52. The lowest BCUT2D eigenvalue weighted by atomic mass is 9.94. The summed E-state index contributed by atoms with van der Waals surface area (Å²) in [7, 11) is 0. The van der Waals surface area contributed by atoms with Crippen LogP contribution >= 0.6 is 23.4 Å². The lowest BCUT2D eigenvalue weighted by molar-refractivity contribution is 0.529. The van der Waals surface area contributed by atoms with E-state index in [1.165, 1.54) is 35.5 Å². The summed E-state index contributed by atoms with van der Waals surface area (Å²) in [5, 5.41) is 0. The molecule has 1 aromatic carbocycles. The first kappa shape index (κ1) is 14.9.